The molecule has 0 atom stereocenters. The summed E-state index contributed by atoms with van der Waals surface area (Å²) >= 11 is 0. The highest BCUT2D eigenvalue weighted by Gasteiger charge is 2.12. The Morgan fingerprint density at radius 1 is 1.37 bits per heavy atom. The van der Waals surface area contributed by atoms with Gasteiger partial charge in [0.05, 0.1) is 13.2 Å². The average molecular weight is 491 g/mol. The molecule has 1 aliphatic rings. The second-order valence-electron chi connectivity index (χ2n) is 6.60. The van der Waals surface area contributed by atoms with E-state index in [4.69, 9.17) is 9.73 Å². The molecule has 2 heterocycles. The Labute approximate surface area is 180 Å². The molecule has 1 aliphatic heterocycles. The second kappa shape index (κ2) is 13.1. The summed E-state index contributed by atoms with van der Waals surface area (Å²) in [6.45, 7) is 12.7. The summed E-state index contributed by atoms with van der Waals surface area (Å²) < 4.78 is 7.38. The summed E-state index contributed by atoms with van der Waals surface area (Å²) in [6.07, 6.45) is 4.03. The van der Waals surface area contributed by atoms with Gasteiger partial charge in [0, 0.05) is 46.8 Å². The van der Waals surface area contributed by atoms with Gasteiger partial charge in [-0.15, -0.1) is 40.8 Å². The molecule has 1 aromatic heterocycles. The van der Waals surface area contributed by atoms with Crippen LogP contribution in [-0.4, -0.2) is 83.5 Å². The number of hydrogen-bond acceptors (Lipinski definition) is 5. The lowest BCUT2D eigenvalue weighted by molar-refractivity contribution is 0.0388. The molecule has 2 rings (SSSR count). The first-order valence-electron chi connectivity index (χ1n) is 9.37. The number of nitrogens with zero attached hydrogens (tertiary/aromatic N) is 6. The van der Waals surface area contributed by atoms with Crippen molar-refractivity contribution in [2.24, 2.45) is 12.0 Å². The van der Waals surface area contributed by atoms with Gasteiger partial charge in [-0.25, -0.2) is 4.99 Å². The van der Waals surface area contributed by atoms with Crippen molar-refractivity contribution in [3.8, 4) is 0 Å². The number of unbranched alkanes of at least 4 members (excludes halogenated alkanes) is 1. The molecule has 1 saturated heterocycles. The lowest BCUT2D eigenvalue weighted by atomic mass is 10.3. The minimum absolute atomic E-state index is 0. The van der Waals surface area contributed by atoms with E-state index >= 15 is 0 Å². The Bertz CT molecular complexity index is 584. The van der Waals surface area contributed by atoms with Crippen LogP contribution in [0.3, 0.4) is 0 Å². The van der Waals surface area contributed by atoms with E-state index in [1.807, 2.05) is 24.6 Å². The van der Waals surface area contributed by atoms with Gasteiger partial charge in [-0.3, -0.25) is 4.90 Å². The number of guanidine groups is 1. The third kappa shape index (κ3) is 8.14. The number of aromatic nitrogens is 3. The minimum Gasteiger partial charge on any atom is -0.379 e. The van der Waals surface area contributed by atoms with E-state index in [0.29, 0.717) is 6.54 Å². The third-order valence-corrected chi connectivity index (χ3v) is 4.63. The highest BCUT2D eigenvalue weighted by Crippen LogP contribution is 2.01. The number of morpholine rings is 1. The first-order chi connectivity index (χ1) is 12.6. The molecule has 154 valence electrons. The minimum atomic E-state index is 0. The van der Waals surface area contributed by atoms with Crippen LogP contribution in [0.1, 0.15) is 24.5 Å². The van der Waals surface area contributed by atoms with Crippen molar-refractivity contribution in [2.75, 3.05) is 53.0 Å². The van der Waals surface area contributed by atoms with Crippen LogP contribution < -0.4 is 5.32 Å². The predicted octanol–water partition coefficient (Wildman–Crippen LogP) is 1.42. The van der Waals surface area contributed by atoms with Crippen molar-refractivity contribution in [3.63, 3.8) is 0 Å². The van der Waals surface area contributed by atoms with Gasteiger partial charge in [0.15, 0.2) is 11.8 Å². The summed E-state index contributed by atoms with van der Waals surface area (Å²) in [5.74, 6) is 2.67. The Balaban J connectivity index is 0.00000364. The highest BCUT2D eigenvalue weighted by atomic mass is 127. The molecule has 1 fully saturated rings. The lowest BCUT2D eigenvalue weighted by Gasteiger charge is -2.28. The van der Waals surface area contributed by atoms with E-state index in [0.717, 1.165) is 76.4 Å². The molecule has 0 aromatic carbocycles. The molecule has 0 aliphatic carbocycles. The molecule has 0 amide bonds. The zero-order valence-corrected chi connectivity index (χ0v) is 19.2. The Hall–Kier alpha value is -1.20. The van der Waals surface area contributed by atoms with Gasteiger partial charge in [-0.2, -0.15) is 0 Å². The van der Waals surface area contributed by atoms with Gasteiger partial charge in [0.2, 0.25) is 0 Å². The molecule has 8 nitrogen and oxygen atoms in total. The summed E-state index contributed by atoms with van der Waals surface area (Å²) in [7, 11) is 4.05. The van der Waals surface area contributed by atoms with Gasteiger partial charge < -0.3 is 19.5 Å². The normalized spacial score (nSPS) is 15.3. The Kier molecular flexibility index (Phi) is 11.5. The highest BCUT2D eigenvalue weighted by molar-refractivity contribution is 14.0. The Morgan fingerprint density at radius 3 is 2.74 bits per heavy atom. The predicted molar refractivity (Wildman–Crippen MR) is 120 cm³/mol. The largest absolute Gasteiger partial charge is 0.379 e. The van der Waals surface area contributed by atoms with Crippen LogP contribution in [0.25, 0.3) is 0 Å². The zero-order chi connectivity index (χ0) is 18.8. The van der Waals surface area contributed by atoms with Crippen LogP contribution >= 0.6 is 24.0 Å². The maximum absolute atomic E-state index is 5.40. The van der Waals surface area contributed by atoms with Crippen molar-refractivity contribution >= 4 is 29.9 Å². The van der Waals surface area contributed by atoms with Gasteiger partial charge in [0.25, 0.3) is 0 Å². The van der Waals surface area contributed by atoms with E-state index in [1.165, 1.54) is 0 Å². The molecule has 0 saturated carbocycles. The number of rotatable bonds is 9. The van der Waals surface area contributed by atoms with E-state index in [1.54, 1.807) is 0 Å². The van der Waals surface area contributed by atoms with Crippen molar-refractivity contribution < 1.29 is 4.74 Å². The summed E-state index contributed by atoms with van der Waals surface area (Å²) in [6, 6.07) is 0. The first kappa shape index (κ1) is 23.8. The SMILES string of the molecule is C=CCCCN(C)C(=NCc1nnc(C)n1C)NCCN1CCOCC1.I. The fourth-order valence-corrected chi connectivity index (χ4v) is 2.78. The fraction of sp³-hybridized carbons (Fsp3) is 0.722. The van der Waals surface area contributed by atoms with Crippen LogP contribution in [0, 0.1) is 6.92 Å². The molecular weight excluding hydrogens is 457 g/mol. The summed E-state index contributed by atoms with van der Waals surface area (Å²) in [5.41, 5.74) is 0. The number of nitrogens with one attached hydrogen (secondary N) is 1. The van der Waals surface area contributed by atoms with Crippen LogP contribution in [0.15, 0.2) is 17.6 Å². The standard InChI is InChI=1S/C18H33N7O.HI/c1-5-6-7-9-23(3)18(19-8-10-25-11-13-26-14-12-25)20-15-17-22-21-16(2)24(17)4;/h5H,1,6-15H2,2-4H3,(H,19,20);1H. The van der Waals surface area contributed by atoms with Crippen molar-refractivity contribution in [3.05, 3.63) is 24.3 Å². The lowest BCUT2D eigenvalue weighted by Crippen LogP contribution is -2.45. The molecule has 1 N–H and O–H groups in total. The Morgan fingerprint density at radius 2 is 2.11 bits per heavy atom. The number of hydrogen-bond donors (Lipinski definition) is 1. The van der Waals surface area contributed by atoms with Crippen molar-refractivity contribution in [1.82, 2.24) is 29.9 Å². The zero-order valence-electron chi connectivity index (χ0n) is 16.9. The van der Waals surface area contributed by atoms with Crippen LogP contribution in [0.2, 0.25) is 0 Å². The first-order valence-corrected chi connectivity index (χ1v) is 9.37. The number of aryl methyl sites for hydroxylation is 1. The van der Waals surface area contributed by atoms with Crippen LogP contribution in [0.5, 0.6) is 0 Å². The molecule has 0 radical (unpaired) electrons. The van der Waals surface area contributed by atoms with Gasteiger partial charge in [0.1, 0.15) is 12.4 Å². The van der Waals surface area contributed by atoms with Crippen LogP contribution in [-0.2, 0) is 18.3 Å². The van der Waals surface area contributed by atoms with Gasteiger partial charge in [-0.05, 0) is 19.8 Å². The van der Waals surface area contributed by atoms with Gasteiger partial charge in [-0.1, -0.05) is 6.08 Å². The van der Waals surface area contributed by atoms with Crippen molar-refractivity contribution in [2.45, 2.75) is 26.3 Å². The molecule has 0 bridgehead atoms. The van der Waals surface area contributed by atoms with Crippen molar-refractivity contribution in [1.29, 1.82) is 0 Å². The maximum atomic E-state index is 5.40. The molecule has 0 spiro atoms. The summed E-state index contributed by atoms with van der Waals surface area (Å²) in [5, 5.41) is 11.8. The monoisotopic (exact) mass is 491 g/mol. The molecule has 1 aromatic rings. The molecule has 9 heteroatoms. The number of allylic oxidation sites excluding steroid dienone is 1. The van der Waals surface area contributed by atoms with Crippen LogP contribution in [0.4, 0.5) is 0 Å². The number of ether oxygens (including phenoxy) is 1. The summed E-state index contributed by atoms with van der Waals surface area (Å²) in [4.78, 5) is 9.36. The number of aliphatic imine (C=N–C) groups is 1. The molecular formula is C18H34IN7O. The van der Waals surface area contributed by atoms with E-state index in [2.05, 4.69) is 38.9 Å². The molecule has 0 unspecified atom stereocenters. The third-order valence-electron chi connectivity index (χ3n) is 4.63. The topological polar surface area (TPSA) is 70.8 Å². The average Bonchev–Trinajstić information content (AvgIpc) is 2.97. The van der Waals surface area contributed by atoms with Gasteiger partial charge >= 0.3 is 0 Å². The smallest absolute Gasteiger partial charge is 0.194 e. The van der Waals surface area contributed by atoms with E-state index in [-0.39, 0.29) is 24.0 Å². The quantitative estimate of drug-likeness (QED) is 0.185. The maximum Gasteiger partial charge on any atom is 0.194 e. The second-order valence-corrected chi connectivity index (χ2v) is 6.60. The van der Waals surface area contributed by atoms with E-state index < -0.39 is 0 Å². The van der Waals surface area contributed by atoms with E-state index in [9.17, 15) is 0 Å². The number of halogens is 1. The molecule has 27 heavy (non-hydrogen) atoms. The fourth-order valence-electron chi connectivity index (χ4n) is 2.78.